The normalized spacial score (nSPS) is 19.6. The van der Waals surface area contributed by atoms with Crippen molar-refractivity contribution >= 4 is 78.0 Å². The fraction of sp³-hybridized carbons (Fsp3) is 0.387. The number of hydrogen-bond acceptors (Lipinski definition) is 3. The van der Waals surface area contributed by atoms with Crippen LogP contribution in [0.2, 0.25) is 0 Å². The first-order chi connectivity index (χ1) is 31.0. The first kappa shape index (κ1) is 42.3. The minimum Gasteiger partial charge on any atom is -0.311 e. The highest BCUT2D eigenvalue weighted by atomic mass is 32.1. The maximum atomic E-state index is 2.74. The molecule has 0 unspecified atom stereocenters. The monoisotopic (exact) mass is 883 g/mol. The highest BCUT2D eigenvalue weighted by Gasteiger charge is 2.49. The molecule has 3 aliphatic carbocycles. The Balaban J connectivity index is 1.21. The Morgan fingerprint density at radius 2 is 1.14 bits per heavy atom. The molecule has 1 aromatic heterocycles. The van der Waals surface area contributed by atoms with Crippen LogP contribution in [-0.4, -0.2) is 6.71 Å². The van der Waals surface area contributed by atoms with Crippen LogP contribution in [0.4, 0.5) is 34.1 Å². The van der Waals surface area contributed by atoms with Crippen molar-refractivity contribution in [2.24, 2.45) is 0 Å². The average molecular weight is 883 g/mol. The number of benzene rings is 6. The molecule has 0 bridgehead atoms. The standard InChI is InChI=1S/C62H67BN2S/c1-36-30-50-54-51(31-36)65(49-21-17-20-43-53(49)39-18-15-16-19-41(39)62(43,13)14)48-25-22-37(57(2,3)4)32-47(48)63(54)56-55(40-34-45-46(35-52(40)66-56)61(11,12)29-28-60(45,9)10)64(50)38-23-24-42-44(33-38)59(7,8)27-26-58(42,5)6/h15-25,30-35H,26-29H2,1-14H3. The highest BCUT2D eigenvalue weighted by Crippen LogP contribution is 2.57. The Labute approximate surface area is 399 Å². The van der Waals surface area contributed by atoms with Crippen molar-refractivity contribution in [3.05, 3.63) is 148 Å². The summed E-state index contributed by atoms with van der Waals surface area (Å²) in [6.45, 7) is 34.2. The van der Waals surface area contributed by atoms with E-state index >= 15 is 0 Å². The molecule has 2 aliphatic heterocycles. The number of rotatable bonds is 2. The van der Waals surface area contributed by atoms with Crippen molar-refractivity contribution in [3.8, 4) is 11.1 Å². The quantitative estimate of drug-likeness (QED) is 0.160. The minimum atomic E-state index is -0.106. The van der Waals surface area contributed by atoms with Gasteiger partial charge in [0.1, 0.15) is 0 Å². The molecule has 4 heteroatoms. The van der Waals surface area contributed by atoms with Crippen LogP contribution in [-0.2, 0) is 32.5 Å². The van der Waals surface area contributed by atoms with Gasteiger partial charge < -0.3 is 9.80 Å². The average Bonchev–Trinajstić information content (AvgIpc) is 3.74. The van der Waals surface area contributed by atoms with Crippen LogP contribution in [0.5, 0.6) is 0 Å². The molecule has 66 heavy (non-hydrogen) atoms. The Morgan fingerprint density at radius 1 is 0.530 bits per heavy atom. The second kappa shape index (κ2) is 13.3. The molecule has 2 nitrogen and oxygen atoms in total. The van der Waals surface area contributed by atoms with Crippen LogP contribution in [0, 0.1) is 6.92 Å². The van der Waals surface area contributed by atoms with E-state index in [2.05, 4.69) is 221 Å². The lowest BCUT2D eigenvalue weighted by molar-refractivity contribution is 0.332. The predicted molar refractivity (Wildman–Crippen MR) is 287 cm³/mol. The summed E-state index contributed by atoms with van der Waals surface area (Å²) in [5, 5.41) is 1.40. The zero-order chi connectivity index (χ0) is 46.4. The second-order valence-electron chi connectivity index (χ2n) is 25.2. The van der Waals surface area contributed by atoms with E-state index in [1.54, 1.807) is 0 Å². The molecule has 7 aromatic rings. The summed E-state index contributed by atoms with van der Waals surface area (Å²) in [6, 6.07) is 41.7. The molecular weight excluding hydrogens is 816 g/mol. The van der Waals surface area contributed by atoms with Gasteiger partial charge in [0.25, 0.3) is 6.71 Å². The van der Waals surface area contributed by atoms with Gasteiger partial charge in [0.2, 0.25) is 0 Å². The van der Waals surface area contributed by atoms with E-state index in [9.17, 15) is 0 Å². The van der Waals surface area contributed by atoms with Crippen molar-refractivity contribution < 1.29 is 0 Å². The number of thiophene rings is 1. The van der Waals surface area contributed by atoms with E-state index < -0.39 is 0 Å². The summed E-state index contributed by atoms with van der Waals surface area (Å²) in [7, 11) is 0. The first-order valence-electron chi connectivity index (χ1n) is 24.9. The van der Waals surface area contributed by atoms with Crippen molar-refractivity contribution in [1.82, 2.24) is 0 Å². The van der Waals surface area contributed by atoms with Crippen molar-refractivity contribution in [2.75, 3.05) is 9.80 Å². The number of nitrogens with zero attached hydrogens (tertiary/aromatic N) is 2. The van der Waals surface area contributed by atoms with Crippen LogP contribution < -0.4 is 25.5 Å². The van der Waals surface area contributed by atoms with Crippen LogP contribution >= 0.6 is 11.3 Å². The predicted octanol–water partition coefficient (Wildman–Crippen LogP) is 15.6. The maximum absolute atomic E-state index is 2.74. The number of aryl methyl sites for hydroxylation is 1. The lowest BCUT2D eigenvalue weighted by atomic mass is 9.36. The van der Waals surface area contributed by atoms with Gasteiger partial charge in [0.15, 0.2) is 0 Å². The first-order valence-corrected chi connectivity index (χ1v) is 25.7. The summed E-state index contributed by atoms with van der Waals surface area (Å²) < 4.78 is 2.88. The van der Waals surface area contributed by atoms with Gasteiger partial charge in [-0.15, -0.1) is 11.3 Å². The molecule has 0 saturated carbocycles. The smallest absolute Gasteiger partial charge is 0.264 e. The van der Waals surface area contributed by atoms with Crippen LogP contribution in [0.3, 0.4) is 0 Å². The van der Waals surface area contributed by atoms with E-state index in [0.29, 0.717) is 0 Å². The molecule has 0 N–H and O–H groups in total. The van der Waals surface area contributed by atoms with Gasteiger partial charge in [-0.2, -0.15) is 0 Å². The van der Waals surface area contributed by atoms with Gasteiger partial charge >= 0.3 is 0 Å². The maximum Gasteiger partial charge on any atom is 0.264 e. The van der Waals surface area contributed by atoms with Crippen LogP contribution in [0.25, 0.3) is 21.2 Å². The summed E-state index contributed by atoms with van der Waals surface area (Å²) in [4.78, 5) is 5.42. The zero-order valence-electron chi connectivity index (χ0n) is 42.0. The van der Waals surface area contributed by atoms with Crippen LogP contribution in [0.15, 0.2) is 103 Å². The van der Waals surface area contributed by atoms with E-state index in [4.69, 9.17) is 0 Å². The van der Waals surface area contributed by atoms with Crippen molar-refractivity contribution in [2.45, 2.75) is 155 Å². The van der Waals surface area contributed by atoms with E-state index in [0.717, 1.165) is 0 Å². The summed E-state index contributed by atoms with van der Waals surface area (Å²) in [5.41, 5.74) is 25.3. The van der Waals surface area contributed by atoms with Crippen molar-refractivity contribution in [1.29, 1.82) is 0 Å². The molecule has 3 heterocycles. The van der Waals surface area contributed by atoms with E-state index in [-0.39, 0.29) is 39.2 Å². The number of hydrogen-bond donors (Lipinski definition) is 0. The Hall–Kier alpha value is -5.06. The van der Waals surface area contributed by atoms with Crippen molar-refractivity contribution in [3.63, 3.8) is 0 Å². The molecular formula is C62H67BN2S. The summed E-state index contributed by atoms with van der Waals surface area (Å²) >= 11 is 2.07. The van der Waals surface area contributed by atoms with Gasteiger partial charge in [-0.1, -0.05) is 145 Å². The van der Waals surface area contributed by atoms with E-state index in [1.807, 2.05) is 0 Å². The SMILES string of the molecule is Cc1cc2c3c(c1)N(c1ccc4c(c1)C(C)(C)CCC4(C)C)c1c(sc4cc5c(cc14)C(C)(C)CCC5(C)C)B3c1cc(C(C)(C)C)ccc1N2c1cccc2c1-c1ccccc1C2(C)C. The largest absolute Gasteiger partial charge is 0.311 e. The van der Waals surface area contributed by atoms with E-state index in [1.165, 1.54) is 141 Å². The lowest BCUT2D eigenvalue weighted by Crippen LogP contribution is -2.60. The Bertz CT molecular complexity index is 3260. The highest BCUT2D eigenvalue weighted by molar-refractivity contribution is 7.33. The van der Waals surface area contributed by atoms with Gasteiger partial charge in [0, 0.05) is 48.6 Å². The molecule has 334 valence electrons. The zero-order valence-corrected chi connectivity index (χ0v) is 42.8. The molecule has 0 radical (unpaired) electrons. The molecule has 0 atom stereocenters. The van der Waals surface area contributed by atoms with Gasteiger partial charge in [-0.3, -0.25) is 0 Å². The fourth-order valence-corrected chi connectivity index (χ4v) is 14.7. The Morgan fingerprint density at radius 3 is 1.82 bits per heavy atom. The minimum absolute atomic E-state index is 0.0170. The van der Waals surface area contributed by atoms with Gasteiger partial charge in [-0.25, -0.2) is 0 Å². The second-order valence-corrected chi connectivity index (χ2v) is 26.3. The Kier molecular flexibility index (Phi) is 8.55. The lowest BCUT2D eigenvalue weighted by Gasteiger charge is -2.45. The fourth-order valence-electron chi connectivity index (χ4n) is 13.3. The third-order valence-electron chi connectivity index (χ3n) is 17.6. The topological polar surface area (TPSA) is 6.48 Å². The molecule has 5 aliphatic rings. The third kappa shape index (κ3) is 5.72. The number of fused-ring (bicyclic) bond motifs is 11. The molecule has 0 fully saturated rings. The number of anilines is 6. The summed E-state index contributed by atoms with van der Waals surface area (Å²) in [6.07, 6.45) is 4.79. The third-order valence-corrected chi connectivity index (χ3v) is 18.8. The van der Waals surface area contributed by atoms with Gasteiger partial charge in [-0.05, 0) is 169 Å². The summed E-state index contributed by atoms with van der Waals surface area (Å²) in [5.74, 6) is 0. The molecule has 0 spiro atoms. The van der Waals surface area contributed by atoms with Gasteiger partial charge in [0.05, 0.1) is 11.4 Å². The molecule has 12 rings (SSSR count). The molecule has 6 aromatic carbocycles. The molecule has 0 amide bonds. The molecule has 0 saturated heterocycles. The van der Waals surface area contributed by atoms with Crippen LogP contribution in [0.1, 0.15) is 160 Å².